The first kappa shape index (κ1) is 15.4. The van der Waals surface area contributed by atoms with Crippen molar-refractivity contribution in [1.29, 1.82) is 0 Å². The molecule has 5 heteroatoms. The number of aliphatic hydroxyl groups is 1. The Kier molecular flexibility index (Phi) is 4.35. The monoisotopic (exact) mass is 402 g/mol. The Morgan fingerprint density at radius 3 is 2.38 bits per heavy atom. The molecule has 3 aromatic rings. The smallest absolute Gasteiger partial charge is 0.0893 e. The van der Waals surface area contributed by atoms with Gasteiger partial charge in [-0.3, -0.25) is 0 Å². The highest BCUT2D eigenvalue weighted by Crippen LogP contribution is 2.39. The van der Waals surface area contributed by atoms with Crippen molar-refractivity contribution in [3.8, 4) is 0 Å². The van der Waals surface area contributed by atoms with Gasteiger partial charge in [-0.2, -0.15) is 0 Å². The molecule has 0 aliphatic heterocycles. The molecule has 0 saturated heterocycles. The zero-order valence-corrected chi connectivity index (χ0v) is 14.6. The third kappa shape index (κ3) is 2.76. The van der Waals surface area contributed by atoms with Gasteiger partial charge >= 0.3 is 0 Å². The molecule has 1 nitrogen and oxygen atoms in total. The maximum Gasteiger partial charge on any atom is 0.0893 e. The predicted molar refractivity (Wildman–Crippen MR) is 95.2 cm³/mol. The van der Waals surface area contributed by atoms with Gasteiger partial charge < -0.3 is 5.11 Å². The van der Waals surface area contributed by atoms with E-state index in [0.717, 1.165) is 27.1 Å². The summed E-state index contributed by atoms with van der Waals surface area (Å²) >= 11 is 21.9. The first-order valence-electron chi connectivity index (χ1n) is 6.26. The molecule has 0 aromatic heterocycles. The molecule has 3 aromatic carbocycles. The van der Waals surface area contributed by atoms with E-state index in [0.29, 0.717) is 20.4 Å². The number of hydrogen-bond acceptors (Lipinski definition) is 1. The molecular weight excluding hydrogens is 394 g/mol. The molecule has 0 bridgehead atoms. The van der Waals surface area contributed by atoms with Crippen molar-refractivity contribution in [2.45, 2.75) is 6.10 Å². The lowest BCUT2D eigenvalue weighted by atomic mass is 9.95. The Morgan fingerprint density at radius 1 is 0.952 bits per heavy atom. The summed E-state index contributed by atoms with van der Waals surface area (Å²) in [5.41, 5.74) is 0.793. The molecule has 0 aliphatic rings. The second-order valence-electron chi connectivity index (χ2n) is 4.81. The first-order chi connectivity index (χ1) is 10.0. The number of fused-ring (bicyclic) bond motifs is 3. The van der Waals surface area contributed by atoms with Crippen LogP contribution in [-0.2, 0) is 0 Å². The maximum atomic E-state index is 10.3. The number of rotatable bonds is 2. The second kappa shape index (κ2) is 5.94. The molecule has 0 saturated carbocycles. The highest BCUT2D eigenvalue weighted by molar-refractivity contribution is 9.09. The van der Waals surface area contributed by atoms with Crippen molar-refractivity contribution in [3.05, 3.63) is 57.0 Å². The number of halogens is 4. The largest absolute Gasteiger partial charge is 0.388 e. The molecule has 0 fully saturated rings. The van der Waals surface area contributed by atoms with Crippen LogP contribution in [0.5, 0.6) is 0 Å². The zero-order chi connectivity index (χ0) is 15.1. The lowest BCUT2D eigenvalue weighted by molar-refractivity contribution is 0.207. The van der Waals surface area contributed by atoms with Crippen molar-refractivity contribution in [2.75, 3.05) is 5.33 Å². The van der Waals surface area contributed by atoms with Crippen LogP contribution in [0.4, 0.5) is 0 Å². The van der Waals surface area contributed by atoms with Crippen LogP contribution in [0.2, 0.25) is 15.1 Å². The van der Waals surface area contributed by atoms with Crippen molar-refractivity contribution in [1.82, 2.24) is 0 Å². The second-order valence-corrected chi connectivity index (χ2v) is 6.74. The van der Waals surface area contributed by atoms with Gasteiger partial charge in [0.15, 0.2) is 0 Å². The van der Waals surface area contributed by atoms with E-state index < -0.39 is 6.10 Å². The van der Waals surface area contributed by atoms with Crippen molar-refractivity contribution >= 4 is 72.3 Å². The molecule has 1 N–H and O–H groups in total. The standard InChI is InChI=1S/C16H10BrCl3O/c17-7-15(21)12-3-8-1-2-9(18)4-11(8)16-13(12)5-10(19)6-14(16)20/h1-6,15,21H,7H2/t15-/m1/s1. The van der Waals surface area contributed by atoms with Crippen LogP contribution in [0.1, 0.15) is 11.7 Å². The van der Waals surface area contributed by atoms with Crippen LogP contribution >= 0.6 is 50.7 Å². The van der Waals surface area contributed by atoms with E-state index in [1.165, 1.54) is 0 Å². The molecule has 0 radical (unpaired) electrons. The Hall–Kier alpha value is -0.510. The van der Waals surface area contributed by atoms with E-state index in [1.807, 2.05) is 30.3 Å². The molecule has 0 unspecified atom stereocenters. The SMILES string of the molecule is O[C@H](CBr)c1cc2ccc(Cl)cc2c2c(Cl)cc(Cl)cc12. The van der Waals surface area contributed by atoms with Gasteiger partial charge in [0, 0.05) is 20.8 Å². The summed E-state index contributed by atoms with van der Waals surface area (Å²) in [7, 11) is 0. The quantitative estimate of drug-likeness (QED) is 0.388. The van der Waals surface area contributed by atoms with Crippen LogP contribution in [0, 0.1) is 0 Å². The molecule has 0 aliphatic carbocycles. The minimum atomic E-state index is -0.637. The van der Waals surface area contributed by atoms with Gasteiger partial charge in [-0.15, -0.1) is 0 Å². The summed E-state index contributed by atoms with van der Waals surface area (Å²) in [5, 5.41) is 16.1. The minimum Gasteiger partial charge on any atom is -0.388 e. The molecule has 3 rings (SSSR count). The van der Waals surface area contributed by atoms with E-state index in [4.69, 9.17) is 34.8 Å². The van der Waals surface area contributed by atoms with Gasteiger partial charge in [-0.1, -0.05) is 56.8 Å². The fraction of sp³-hybridized carbons (Fsp3) is 0.125. The zero-order valence-electron chi connectivity index (χ0n) is 10.7. The fourth-order valence-corrected chi connectivity index (χ4v) is 3.67. The summed E-state index contributed by atoms with van der Waals surface area (Å²) in [6, 6.07) is 11.1. The topological polar surface area (TPSA) is 20.2 Å². The highest BCUT2D eigenvalue weighted by atomic mass is 79.9. The molecule has 0 spiro atoms. The minimum absolute atomic E-state index is 0.436. The average molecular weight is 405 g/mol. The number of benzene rings is 3. The highest BCUT2D eigenvalue weighted by Gasteiger charge is 2.16. The summed E-state index contributed by atoms with van der Waals surface area (Å²) in [4.78, 5) is 0. The molecule has 1 atom stereocenters. The average Bonchev–Trinajstić information content (AvgIpc) is 2.45. The third-order valence-corrected chi connectivity index (χ3v) is 4.83. The Morgan fingerprint density at radius 2 is 1.67 bits per heavy atom. The van der Waals surface area contributed by atoms with E-state index in [-0.39, 0.29) is 0 Å². The lowest BCUT2D eigenvalue weighted by Gasteiger charge is -2.15. The molecule has 0 amide bonds. The van der Waals surface area contributed by atoms with Gasteiger partial charge in [0.05, 0.1) is 11.1 Å². The molecule has 108 valence electrons. The summed E-state index contributed by atoms with van der Waals surface area (Å²) in [5.74, 6) is 0. The maximum absolute atomic E-state index is 10.3. The normalized spacial score (nSPS) is 13.0. The van der Waals surface area contributed by atoms with Crippen molar-refractivity contribution in [2.24, 2.45) is 0 Å². The Balaban J connectivity index is 2.54. The van der Waals surface area contributed by atoms with E-state index in [1.54, 1.807) is 6.07 Å². The van der Waals surface area contributed by atoms with Gasteiger partial charge in [-0.05, 0) is 52.1 Å². The first-order valence-corrected chi connectivity index (χ1v) is 8.51. The van der Waals surface area contributed by atoms with Crippen LogP contribution in [0.25, 0.3) is 21.5 Å². The Labute approximate surface area is 145 Å². The van der Waals surface area contributed by atoms with Gasteiger partial charge in [0.2, 0.25) is 0 Å². The van der Waals surface area contributed by atoms with Crippen LogP contribution in [0.15, 0.2) is 36.4 Å². The van der Waals surface area contributed by atoms with E-state index in [9.17, 15) is 5.11 Å². The number of alkyl halides is 1. The molecular formula is C16H10BrCl3O. The van der Waals surface area contributed by atoms with Crippen molar-refractivity contribution < 1.29 is 5.11 Å². The van der Waals surface area contributed by atoms with Crippen LogP contribution in [-0.4, -0.2) is 10.4 Å². The van der Waals surface area contributed by atoms with Gasteiger partial charge in [0.1, 0.15) is 0 Å². The van der Waals surface area contributed by atoms with Crippen LogP contribution in [0.3, 0.4) is 0 Å². The Bertz CT molecular complexity index is 848. The lowest BCUT2D eigenvalue weighted by Crippen LogP contribution is -2.00. The third-order valence-electron chi connectivity index (χ3n) is 3.47. The van der Waals surface area contributed by atoms with E-state index in [2.05, 4.69) is 15.9 Å². The van der Waals surface area contributed by atoms with Crippen molar-refractivity contribution in [3.63, 3.8) is 0 Å². The summed E-state index contributed by atoms with van der Waals surface area (Å²) < 4.78 is 0. The number of aliphatic hydroxyl groups excluding tert-OH is 1. The fourth-order valence-electron chi connectivity index (χ4n) is 2.55. The van der Waals surface area contributed by atoms with Crippen LogP contribution < -0.4 is 0 Å². The predicted octanol–water partition coefficient (Wildman–Crippen LogP) is 6.38. The summed E-state index contributed by atoms with van der Waals surface area (Å²) in [6.45, 7) is 0. The summed E-state index contributed by atoms with van der Waals surface area (Å²) in [6.07, 6.45) is -0.637. The molecule has 21 heavy (non-hydrogen) atoms. The van der Waals surface area contributed by atoms with Gasteiger partial charge in [-0.25, -0.2) is 0 Å². The van der Waals surface area contributed by atoms with Gasteiger partial charge in [0.25, 0.3) is 0 Å². The molecule has 0 heterocycles. The number of hydrogen-bond donors (Lipinski definition) is 1. The van der Waals surface area contributed by atoms with E-state index >= 15 is 0 Å².